The van der Waals surface area contributed by atoms with Crippen LogP contribution in [0.25, 0.3) is 0 Å². The Bertz CT molecular complexity index is 121. The fraction of sp³-hybridized carbons (Fsp3) is 0.857. The average molecular weight is 355 g/mol. The van der Waals surface area contributed by atoms with Crippen LogP contribution in [0.2, 0.25) is 0 Å². The summed E-state index contributed by atoms with van der Waals surface area (Å²) in [6, 6.07) is 2.30. The fourth-order valence-electron chi connectivity index (χ4n) is 1.23. The molecule has 1 rings (SSSR count). The second-order valence-electron chi connectivity index (χ2n) is 2.53. The van der Waals surface area contributed by atoms with Crippen LogP contribution in [0, 0.1) is 17.2 Å². The molecular weight excluding hydrogens is 339 g/mol. The van der Waals surface area contributed by atoms with Crippen molar-refractivity contribution in [1.29, 1.82) is 5.26 Å². The Morgan fingerprint density at radius 1 is 1.17 bits per heavy atom. The quantitative estimate of drug-likeness (QED) is 0.607. The van der Waals surface area contributed by atoms with Gasteiger partial charge in [-0.1, -0.05) is 19.3 Å². The first-order valence-electron chi connectivity index (χ1n) is 3.61. The van der Waals surface area contributed by atoms with Crippen LogP contribution in [0.3, 0.4) is 0 Å². The van der Waals surface area contributed by atoms with E-state index < -0.39 is 19.3 Å². The van der Waals surface area contributed by atoms with Crippen LogP contribution in [0.15, 0.2) is 0 Å². The molecule has 1 aliphatic rings. The molecule has 0 radical (unpaired) electrons. The van der Waals surface area contributed by atoms with Gasteiger partial charge < -0.3 is 6.15 Å². The van der Waals surface area contributed by atoms with Crippen LogP contribution < -0.4 is 6.15 Å². The summed E-state index contributed by atoms with van der Waals surface area (Å²) in [5, 5.41) is 8.44. The van der Waals surface area contributed by atoms with E-state index in [4.69, 9.17) is 12.8 Å². The van der Waals surface area contributed by atoms with Gasteiger partial charge in [0, 0.05) is 5.92 Å². The molecule has 0 unspecified atom stereocenters. The third kappa shape index (κ3) is 8.16. The van der Waals surface area contributed by atoms with E-state index in [1.807, 2.05) is 0 Å². The Balaban J connectivity index is 0. The van der Waals surface area contributed by atoms with Crippen LogP contribution in [0.4, 0.5) is 0 Å². The van der Waals surface area contributed by atoms with Gasteiger partial charge in [0.15, 0.2) is 0 Å². The van der Waals surface area contributed by atoms with Gasteiger partial charge in [-0.3, -0.25) is 0 Å². The zero-order valence-corrected chi connectivity index (χ0v) is 9.25. The topological polar surface area (TPSA) is 99.2 Å². The Morgan fingerprint density at radius 2 is 1.58 bits per heavy atom. The van der Waals surface area contributed by atoms with E-state index in [0.29, 0.717) is 5.92 Å². The summed E-state index contributed by atoms with van der Waals surface area (Å²) >= 11 is -1.42. The second-order valence-corrected chi connectivity index (χ2v) is 2.98. The molecule has 1 aliphatic carbocycles. The molecule has 0 aromatic heterocycles. The van der Waals surface area contributed by atoms with Crippen LogP contribution in [0.1, 0.15) is 32.1 Å². The molecule has 1 saturated carbocycles. The first-order chi connectivity index (χ1) is 5.35. The fourth-order valence-corrected chi connectivity index (χ4v) is 1.23. The van der Waals surface area contributed by atoms with Crippen molar-refractivity contribution in [1.82, 2.24) is 6.15 Å². The Kier molecular flexibility index (Phi) is 13.4. The second kappa shape index (κ2) is 11.1. The standard InChI is InChI=1S/C7H11N.H3N.2H2O.Pt/c8-6-7-4-2-1-3-5-7;;;;/h7H,1-5H2;1H3;2*1H2;/q;;;;+2/p-2. The molecule has 1 fully saturated rings. The summed E-state index contributed by atoms with van der Waals surface area (Å²) in [6.07, 6.45) is 6.20. The van der Waals surface area contributed by atoms with Crippen molar-refractivity contribution in [3.8, 4) is 6.07 Å². The molecule has 76 valence electrons. The molecule has 5 N–H and O–H groups in total. The minimum absolute atomic E-state index is 0. The van der Waals surface area contributed by atoms with Crippen molar-refractivity contribution in [2.45, 2.75) is 32.1 Å². The molecule has 4 nitrogen and oxygen atoms in total. The molecule has 0 bridgehead atoms. The summed E-state index contributed by atoms with van der Waals surface area (Å²) in [5.41, 5.74) is 0. The van der Waals surface area contributed by atoms with Gasteiger partial charge in [-0.25, -0.2) is 0 Å². The van der Waals surface area contributed by atoms with Gasteiger partial charge in [0.2, 0.25) is 0 Å². The van der Waals surface area contributed by atoms with E-state index in [2.05, 4.69) is 6.07 Å². The van der Waals surface area contributed by atoms with E-state index in [0.717, 1.165) is 12.8 Å². The SMILES string of the molecule is N.N#CC1CCCCC1.[OH][Pt][OH]. The van der Waals surface area contributed by atoms with Gasteiger partial charge in [0.05, 0.1) is 6.07 Å². The summed E-state index contributed by atoms with van der Waals surface area (Å²) in [6.45, 7) is 0. The summed E-state index contributed by atoms with van der Waals surface area (Å²) < 4.78 is 14.5. The zero-order valence-electron chi connectivity index (χ0n) is 6.98. The molecular formula is C7H16N2O2Pt. The number of hydrogen-bond acceptors (Lipinski definition) is 4. The number of hydrogen-bond donors (Lipinski definition) is 3. The van der Waals surface area contributed by atoms with Crippen molar-refractivity contribution >= 4 is 0 Å². The van der Waals surface area contributed by atoms with E-state index in [1.54, 1.807) is 0 Å². The molecule has 0 heterocycles. The third-order valence-corrected chi connectivity index (χ3v) is 1.79. The van der Waals surface area contributed by atoms with Gasteiger partial charge in [-0.05, 0) is 12.8 Å². The summed E-state index contributed by atoms with van der Waals surface area (Å²) in [5.74, 6) is 0.392. The van der Waals surface area contributed by atoms with Gasteiger partial charge >= 0.3 is 26.8 Å². The van der Waals surface area contributed by atoms with Gasteiger partial charge in [0.25, 0.3) is 0 Å². The zero-order chi connectivity index (χ0) is 8.53. The Labute approximate surface area is 82.6 Å². The Hall–Kier alpha value is 0.0583. The van der Waals surface area contributed by atoms with E-state index in [-0.39, 0.29) is 6.15 Å². The minimum atomic E-state index is -1.42. The maximum absolute atomic E-state index is 8.44. The van der Waals surface area contributed by atoms with Gasteiger partial charge in [-0.15, -0.1) is 0 Å². The van der Waals surface area contributed by atoms with Gasteiger partial charge in [0.1, 0.15) is 0 Å². The molecule has 0 atom stereocenters. The molecule has 0 saturated heterocycles. The normalized spacial score (nSPS) is 16.8. The third-order valence-electron chi connectivity index (χ3n) is 1.79. The summed E-state index contributed by atoms with van der Waals surface area (Å²) in [4.78, 5) is 0. The molecule has 0 aromatic rings. The number of nitriles is 1. The predicted molar refractivity (Wildman–Crippen MR) is 41.6 cm³/mol. The molecule has 5 heteroatoms. The molecule has 0 amide bonds. The Morgan fingerprint density at radius 3 is 1.83 bits per heavy atom. The van der Waals surface area contributed by atoms with Crippen molar-refractivity contribution in [2.24, 2.45) is 5.92 Å². The summed E-state index contributed by atoms with van der Waals surface area (Å²) in [7, 11) is 0. The van der Waals surface area contributed by atoms with Gasteiger partial charge in [-0.2, -0.15) is 5.26 Å². The molecule has 0 aromatic carbocycles. The molecule has 0 aliphatic heterocycles. The van der Waals surface area contributed by atoms with Crippen molar-refractivity contribution in [2.75, 3.05) is 0 Å². The average Bonchev–Trinajstić information content (AvgIpc) is 2.08. The maximum atomic E-state index is 8.44. The first kappa shape index (κ1) is 14.6. The number of nitrogens with zero attached hydrogens (tertiary/aromatic N) is 1. The van der Waals surface area contributed by atoms with E-state index >= 15 is 0 Å². The van der Waals surface area contributed by atoms with Crippen LogP contribution >= 0.6 is 0 Å². The monoisotopic (exact) mass is 355 g/mol. The van der Waals surface area contributed by atoms with Crippen LogP contribution in [-0.4, -0.2) is 7.52 Å². The predicted octanol–water partition coefficient (Wildman–Crippen LogP) is 1.14. The van der Waals surface area contributed by atoms with E-state index in [1.165, 1.54) is 19.3 Å². The number of rotatable bonds is 0. The van der Waals surface area contributed by atoms with Crippen molar-refractivity contribution in [3.63, 3.8) is 0 Å². The van der Waals surface area contributed by atoms with Crippen molar-refractivity contribution < 1.29 is 26.8 Å². The van der Waals surface area contributed by atoms with E-state index in [9.17, 15) is 0 Å². The van der Waals surface area contributed by atoms with Crippen LogP contribution in [-0.2, 0) is 19.3 Å². The van der Waals surface area contributed by atoms with Crippen molar-refractivity contribution in [3.05, 3.63) is 0 Å². The molecule has 12 heavy (non-hydrogen) atoms. The van der Waals surface area contributed by atoms with Crippen LogP contribution in [0.5, 0.6) is 0 Å². The molecule has 0 spiro atoms. The first-order valence-corrected chi connectivity index (χ1v) is 5.64.